The summed E-state index contributed by atoms with van der Waals surface area (Å²) in [5.74, 6) is -1.63. The maximum absolute atomic E-state index is 13.3. The predicted octanol–water partition coefficient (Wildman–Crippen LogP) is 3.25. The number of hydrogen-bond donors (Lipinski definition) is 1. The zero-order chi connectivity index (χ0) is 13.7. The van der Waals surface area contributed by atoms with Crippen molar-refractivity contribution in [3.8, 4) is 0 Å². The Labute approximate surface area is 111 Å². The first-order valence-electron chi connectivity index (χ1n) is 6.28. The van der Waals surface area contributed by atoms with E-state index in [1.807, 2.05) is 19.1 Å². The number of nitrogens with one attached hydrogen (secondary N) is 1. The third kappa shape index (κ3) is 3.58. The number of aromatic nitrogens is 1. The van der Waals surface area contributed by atoms with Crippen LogP contribution in [0.2, 0.25) is 0 Å². The van der Waals surface area contributed by atoms with Crippen molar-refractivity contribution in [2.45, 2.75) is 19.4 Å². The van der Waals surface area contributed by atoms with Crippen LogP contribution in [0.3, 0.4) is 0 Å². The average molecular weight is 262 g/mol. The van der Waals surface area contributed by atoms with Gasteiger partial charge in [-0.1, -0.05) is 19.1 Å². The van der Waals surface area contributed by atoms with E-state index in [0.29, 0.717) is 6.42 Å². The molecule has 0 bridgehead atoms. The van der Waals surface area contributed by atoms with E-state index in [9.17, 15) is 8.78 Å². The molecule has 1 atom stereocenters. The molecule has 0 aliphatic heterocycles. The highest BCUT2D eigenvalue weighted by Crippen LogP contribution is 2.20. The summed E-state index contributed by atoms with van der Waals surface area (Å²) >= 11 is 0. The second kappa shape index (κ2) is 6.38. The Morgan fingerprint density at radius 1 is 1.21 bits per heavy atom. The number of halogens is 2. The van der Waals surface area contributed by atoms with Crippen LogP contribution in [0.15, 0.2) is 42.7 Å². The van der Waals surface area contributed by atoms with Crippen molar-refractivity contribution < 1.29 is 8.78 Å². The standard InChI is InChI=1S/C15H16F2N2/c1-2-19-15(8-11-4-3-7-18-10-11)12-5-6-13(16)14(17)9-12/h3-7,9-10,15,19H,2,8H2,1H3. The molecule has 2 rings (SSSR count). The zero-order valence-electron chi connectivity index (χ0n) is 10.7. The van der Waals surface area contributed by atoms with Crippen LogP contribution in [-0.2, 0) is 6.42 Å². The van der Waals surface area contributed by atoms with Gasteiger partial charge >= 0.3 is 0 Å². The van der Waals surface area contributed by atoms with Gasteiger partial charge in [-0.2, -0.15) is 0 Å². The van der Waals surface area contributed by atoms with Gasteiger partial charge in [-0.15, -0.1) is 0 Å². The van der Waals surface area contributed by atoms with Crippen LogP contribution in [0.4, 0.5) is 8.78 Å². The fourth-order valence-corrected chi connectivity index (χ4v) is 2.04. The first-order valence-corrected chi connectivity index (χ1v) is 6.28. The highest BCUT2D eigenvalue weighted by molar-refractivity contribution is 5.24. The normalized spacial score (nSPS) is 12.4. The lowest BCUT2D eigenvalue weighted by Crippen LogP contribution is -2.23. The number of pyridine rings is 1. The summed E-state index contributed by atoms with van der Waals surface area (Å²) in [6.07, 6.45) is 4.18. The summed E-state index contributed by atoms with van der Waals surface area (Å²) in [7, 11) is 0. The Morgan fingerprint density at radius 2 is 2.05 bits per heavy atom. The van der Waals surface area contributed by atoms with Crippen LogP contribution in [0.5, 0.6) is 0 Å². The fraction of sp³-hybridized carbons (Fsp3) is 0.267. The van der Waals surface area contributed by atoms with Gasteiger partial charge in [0.05, 0.1) is 0 Å². The second-order valence-corrected chi connectivity index (χ2v) is 4.35. The SMILES string of the molecule is CCNC(Cc1cccnc1)c1ccc(F)c(F)c1. The van der Waals surface area contributed by atoms with Crippen molar-refractivity contribution in [2.24, 2.45) is 0 Å². The Kier molecular flexibility index (Phi) is 4.58. The average Bonchev–Trinajstić information content (AvgIpc) is 2.43. The van der Waals surface area contributed by atoms with Crippen LogP contribution in [0.25, 0.3) is 0 Å². The van der Waals surface area contributed by atoms with Crippen LogP contribution in [0.1, 0.15) is 24.1 Å². The molecule has 2 aromatic rings. The number of benzene rings is 1. The smallest absolute Gasteiger partial charge is 0.159 e. The monoisotopic (exact) mass is 262 g/mol. The summed E-state index contributed by atoms with van der Waals surface area (Å²) in [5.41, 5.74) is 1.79. The van der Waals surface area contributed by atoms with E-state index in [2.05, 4.69) is 10.3 Å². The quantitative estimate of drug-likeness (QED) is 0.894. The first kappa shape index (κ1) is 13.6. The summed E-state index contributed by atoms with van der Waals surface area (Å²) in [4.78, 5) is 4.06. The van der Waals surface area contributed by atoms with Gasteiger partial charge in [-0.3, -0.25) is 4.98 Å². The lowest BCUT2D eigenvalue weighted by molar-refractivity contribution is 0.497. The van der Waals surface area contributed by atoms with Gasteiger partial charge in [0.25, 0.3) is 0 Å². The third-order valence-electron chi connectivity index (χ3n) is 2.96. The molecule has 100 valence electrons. The Balaban J connectivity index is 2.21. The lowest BCUT2D eigenvalue weighted by Gasteiger charge is -2.18. The molecular formula is C15H16F2N2. The Morgan fingerprint density at radius 3 is 2.68 bits per heavy atom. The molecule has 1 heterocycles. The van der Waals surface area contributed by atoms with Crippen molar-refractivity contribution in [3.63, 3.8) is 0 Å². The maximum Gasteiger partial charge on any atom is 0.159 e. The molecule has 0 saturated carbocycles. The molecule has 0 saturated heterocycles. The van der Waals surface area contributed by atoms with Crippen molar-refractivity contribution in [3.05, 3.63) is 65.5 Å². The second-order valence-electron chi connectivity index (χ2n) is 4.35. The van der Waals surface area contributed by atoms with Gasteiger partial charge in [0.15, 0.2) is 11.6 Å². The zero-order valence-corrected chi connectivity index (χ0v) is 10.7. The predicted molar refractivity (Wildman–Crippen MR) is 70.7 cm³/mol. The molecule has 19 heavy (non-hydrogen) atoms. The van der Waals surface area contributed by atoms with E-state index < -0.39 is 11.6 Å². The Hall–Kier alpha value is -1.81. The largest absolute Gasteiger partial charge is 0.310 e. The minimum absolute atomic E-state index is 0.0516. The van der Waals surface area contributed by atoms with Gasteiger partial charge < -0.3 is 5.32 Å². The summed E-state index contributed by atoms with van der Waals surface area (Å²) < 4.78 is 26.3. The van der Waals surface area contributed by atoms with Crippen LogP contribution in [0, 0.1) is 11.6 Å². The van der Waals surface area contributed by atoms with Crippen LogP contribution >= 0.6 is 0 Å². The summed E-state index contributed by atoms with van der Waals surface area (Å²) in [5, 5.41) is 3.28. The minimum Gasteiger partial charge on any atom is -0.310 e. The van der Waals surface area contributed by atoms with Crippen LogP contribution < -0.4 is 5.32 Å². The first-order chi connectivity index (χ1) is 9.20. The number of hydrogen-bond acceptors (Lipinski definition) is 2. The molecule has 1 N–H and O–H groups in total. The van der Waals surface area contributed by atoms with E-state index in [-0.39, 0.29) is 6.04 Å². The van der Waals surface area contributed by atoms with Crippen molar-refractivity contribution in [1.29, 1.82) is 0 Å². The van der Waals surface area contributed by atoms with Gasteiger partial charge in [0.1, 0.15) is 0 Å². The topological polar surface area (TPSA) is 24.9 Å². The molecule has 0 spiro atoms. The summed E-state index contributed by atoms with van der Waals surface area (Å²) in [6.45, 7) is 2.74. The van der Waals surface area contributed by atoms with E-state index in [1.165, 1.54) is 6.07 Å². The maximum atomic E-state index is 13.3. The van der Waals surface area contributed by atoms with Gasteiger partial charge in [-0.25, -0.2) is 8.78 Å². The molecule has 2 nitrogen and oxygen atoms in total. The molecular weight excluding hydrogens is 246 g/mol. The van der Waals surface area contributed by atoms with Crippen LogP contribution in [-0.4, -0.2) is 11.5 Å². The number of likely N-dealkylation sites (N-methyl/N-ethyl adjacent to an activating group) is 1. The highest BCUT2D eigenvalue weighted by atomic mass is 19.2. The van der Waals surface area contributed by atoms with Crippen molar-refractivity contribution in [2.75, 3.05) is 6.54 Å². The van der Waals surface area contributed by atoms with E-state index in [0.717, 1.165) is 23.7 Å². The molecule has 0 aliphatic rings. The van der Waals surface area contributed by atoms with E-state index >= 15 is 0 Å². The molecule has 0 aliphatic carbocycles. The third-order valence-corrected chi connectivity index (χ3v) is 2.96. The molecule has 0 fully saturated rings. The van der Waals surface area contributed by atoms with Gasteiger partial charge in [0.2, 0.25) is 0 Å². The van der Waals surface area contributed by atoms with Crippen molar-refractivity contribution in [1.82, 2.24) is 10.3 Å². The Bertz CT molecular complexity index is 529. The molecule has 4 heteroatoms. The van der Waals surface area contributed by atoms with Gasteiger partial charge in [-0.05, 0) is 42.3 Å². The fourth-order valence-electron chi connectivity index (χ4n) is 2.04. The molecule has 0 radical (unpaired) electrons. The van der Waals surface area contributed by atoms with Gasteiger partial charge in [0, 0.05) is 18.4 Å². The molecule has 1 aromatic carbocycles. The number of nitrogens with zero attached hydrogens (tertiary/aromatic N) is 1. The number of rotatable bonds is 5. The molecule has 1 aromatic heterocycles. The minimum atomic E-state index is -0.819. The van der Waals surface area contributed by atoms with Crippen molar-refractivity contribution >= 4 is 0 Å². The summed E-state index contributed by atoms with van der Waals surface area (Å²) in [6, 6.07) is 7.81. The van der Waals surface area contributed by atoms with E-state index in [4.69, 9.17) is 0 Å². The van der Waals surface area contributed by atoms with E-state index in [1.54, 1.807) is 18.5 Å². The molecule has 0 amide bonds. The highest BCUT2D eigenvalue weighted by Gasteiger charge is 2.13. The molecule has 1 unspecified atom stereocenters. The lowest BCUT2D eigenvalue weighted by atomic mass is 9.99.